The van der Waals surface area contributed by atoms with Crippen molar-refractivity contribution < 1.29 is 9.13 Å². The van der Waals surface area contributed by atoms with Gasteiger partial charge in [-0.05, 0) is 23.8 Å². The number of benzene rings is 1. The fourth-order valence-electron chi connectivity index (χ4n) is 1.28. The van der Waals surface area contributed by atoms with Gasteiger partial charge < -0.3 is 4.74 Å². The molecule has 0 fully saturated rings. The topological polar surface area (TPSA) is 57.4 Å². The molecule has 0 radical (unpaired) electrons. The van der Waals surface area contributed by atoms with Gasteiger partial charge in [-0.1, -0.05) is 32.5 Å². The third kappa shape index (κ3) is 5.49. The Labute approximate surface area is 123 Å². The van der Waals surface area contributed by atoms with Crippen LogP contribution >= 0.6 is 11.8 Å². The van der Waals surface area contributed by atoms with Crippen LogP contribution in [0, 0.1) is 22.7 Å². The standard InChI is InChI=1S/C14H18FN3OS/c1-14(2,3)8-19-12-6-5-10(15)7-11(12)18-13(20-4)17-9-16/h5-7H,8H2,1-4H3,(H,17,18). The molecule has 0 spiro atoms. The van der Waals surface area contributed by atoms with Crippen molar-refractivity contribution in [3.8, 4) is 11.9 Å². The fraction of sp³-hybridized carbons (Fsp3) is 0.429. The van der Waals surface area contributed by atoms with Gasteiger partial charge in [0.05, 0.1) is 6.61 Å². The van der Waals surface area contributed by atoms with Crippen LogP contribution in [0.25, 0.3) is 0 Å². The number of aliphatic imine (C=N–C) groups is 1. The summed E-state index contributed by atoms with van der Waals surface area (Å²) in [5, 5.41) is 11.4. The highest BCUT2D eigenvalue weighted by Crippen LogP contribution is 2.30. The first kappa shape index (κ1) is 16.3. The van der Waals surface area contributed by atoms with Crippen LogP contribution in [0.2, 0.25) is 0 Å². The maximum Gasteiger partial charge on any atom is 0.183 e. The molecular formula is C14H18FN3OS. The van der Waals surface area contributed by atoms with Crippen molar-refractivity contribution in [2.24, 2.45) is 10.4 Å². The zero-order chi connectivity index (χ0) is 15.2. The zero-order valence-corrected chi connectivity index (χ0v) is 12.8. The van der Waals surface area contributed by atoms with Crippen molar-refractivity contribution in [1.29, 1.82) is 5.26 Å². The summed E-state index contributed by atoms with van der Waals surface area (Å²) < 4.78 is 19.0. The summed E-state index contributed by atoms with van der Waals surface area (Å²) in [5.41, 5.74) is 0.351. The molecule has 1 rings (SSSR count). The highest BCUT2D eigenvalue weighted by Gasteiger charge is 2.13. The Bertz CT molecular complexity index is 532. The zero-order valence-electron chi connectivity index (χ0n) is 12.0. The molecule has 0 heterocycles. The van der Waals surface area contributed by atoms with Crippen molar-refractivity contribution >= 4 is 22.6 Å². The number of nitrogens with zero attached hydrogens (tertiary/aromatic N) is 2. The summed E-state index contributed by atoms with van der Waals surface area (Å²) in [6, 6.07) is 4.16. The predicted octanol–water partition coefficient (Wildman–Crippen LogP) is 3.67. The molecular weight excluding hydrogens is 277 g/mol. The Morgan fingerprint density at radius 3 is 2.75 bits per heavy atom. The summed E-state index contributed by atoms with van der Waals surface area (Å²) in [4.78, 5) is 4.21. The van der Waals surface area contributed by atoms with Crippen molar-refractivity contribution in [3.63, 3.8) is 0 Å². The molecule has 0 unspecified atom stereocenters. The minimum absolute atomic E-state index is 0.0113. The van der Waals surface area contributed by atoms with Crippen molar-refractivity contribution in [2.75, 3.05) is 12.9 Å². The minimum Gasteiger partial charge on any atom is -0.491 e. The summed E-state index contributed by atoms with van der Waals surface area (Å²) in [5.74, 6) is 0.0943. The lowest BCUT2D eigenvalue weighted by atomic mass is 9.99. The molecule has 0 aliphatic rings. The Morgan fingerprint density at radius 2 is 2.20 bits per heavy atom. The van der Waals surface area contributed by atoms with E-state index in [1.165, 1.54) is 23.9 Å². The molecule has 0 atom stereocenters. The SMILES string of the molecule is CSC(=Nc1cc(F)ccc1OCC(C)(C)C)NC#N. The Kier molecular flexibility index (Phi) is 5.83. The molecule has 4 nitrogen and oxygen atoms in total. The second kappa shape index (κ2) is 7.15. The number of hydrogen-bond donors (Lipinski definition) is 1. The van der Waals surface area contributed by atoms with Crippen LogP contribution in [-0.2, 0) is 0 Å². The minimum atomic E-state index is -0.399. The average Bonchev–Trinajstić information content (AvgIpc) is 2.36. The number of amidine groups is 1. The maximum atomic E-state index is 13.3. The van der Waals surface area contributed by atoms with Gasteiger partial charge in [-0.3, -0.25) is 5.32 Å². The lowest BCUT2D eigenvalue weighted by molar-refractivity contribution is 0.198. The van der Waals surface area contributed by atoms with Gasteiger partial charge in [-0.25, -0.2) is 9.38 Å². The van der Waals surface area contributed by atoms with Crippen LogP contribution in [-0.4, -0.2) is 18.0 Å². The molecule has 0 aliphatic heterocycles. The van der Waals surface area contributed by atoms with E-state index < -0.39 is 5.82 Å². The molecule has 1 aromatic rings. The van der Waals surface area contributed by atoms with Crippen molar-refractivity contribution in [1.82, 2.24) is 5.32 Å². The lowest BCUT2D eigenvalue weighted by Gasteiger charge is -2.19. The number of halogens is 1. The van der Waals surface area contributed by atoms with Crippen LogP contribution in [0.15, 0.2) is 23.2 Å². The highest BCUT2D eigenvalue weighted by atomic mass is 32.2. The number of nitrogens with one attached hydrogen (secondary N) is 1. The van der Waals surface area contributed by atoms with Gasteiger partial charge in [-0.15, -0.1) is 0 Å². The molecule has 20 heavy (non-hydrogen) atoms. The third-order valence-corrected chi connectivity index (χ3v) is 2.74. The van der Waals surface area contributed by atoms with Crippen LogP contribution < -0.4 is 10.1 Å². The van der Waals surface area contributed by atoms with Gasteiger partial charge in [0.2, 0.25) is 0 Å². The number of rotatable bonds is 3. The van der Waals surface area contributed by atoms with Crippen LogP contribution in [0.4, 0.5) is 10.1 Å². The Balaban J connectivity index is 3.04. The third-order valence-electron chi connectivity index (χ3n) is 2.16. The van der Waals surface area contributed by atoms with E-state index in [0.717, 1.165) is 0 Å². The second-order valence-electron chi connectivity index (χ2n) is 5.32. The van der Waals surface area contributed by atoms with Gasteiger partial charge in [0.15, 0.2) is 11.4 Å². The van der Waals surface area contributed by atoms with Crippen molar-refractivity contribution in [2.45, 2.75) is 20.8 Å². The van der Waals surface area contributed by atoms with E-state index in [-0.39, 0.29) is 5.41 Å². The Hall–Kier alpha value is -1.74. The molecule has 1 N–H and O–H groups in total. The molecule has 0 aromatic heterocycles. The second-order valence-corrected chi connectivity index (χ2v) is 6.11. The van der Waals surface area contributed by atoms with Crippen molar-refractivity contribution in [3.05, 3.63) is 24.0 Å². The highest BCUT2D eigenvalue weighted by molar-refractivity contribution is 8.13. The van der Waals surface area contributed by atoms with Crippen LogP contribution in [0.3, 0.4) is 0 Å². The normalized spacial score (nSPS) is 11.9. The quantitative estimate of drug-likeness (QED) is 0.400. The molecule has 0 saturated heterocycles. The molecule has 1 aromatic carbocycles. The van der Waals surface area contributed by atoms with Gasteiger partial charge in [0.25, 0.3) is 0 Å². The van der Waals surface area contributed by atoms with E-state index in [1.807, 2.05) is 20.8 Å². The Morgan fingerprint density at radius 1 is 1.50 bits per heavy atom. The maximum absolute atomic E-state index is 13.3. The largest absolute Gasteiger partial charge is 0.491 e. The molecule has 0 aliphatic carbocycles. The molecule has 0 saturated carbocycles. The van der Waals surface area contributed by atoms with E-state index in [0.29, 0.717) is 23.2 Å². The van der Waals surface area contributed by atoms with E-state index in [1.54, 1.807) is 18.5 Å². The lowest BCUT2D eigenvalue weighted by Crippen LogP contribution is -2.17. The van der Waals surface area contributed by atoms with E-state index in [9.17, 15) is 4.39 Å². The van der Waals surface area contributed by atoms with Gasteiger partial charge in [-0.2, -0.15) is 5.26 Å². The number of ether oxygens (including phenoxy) is 1. The number of nitriles is 1. The molecule has 0 bridgehead atoms. The number of hydrogen-bond acceptors (Lipinski definition) is 4. The summed E-state index contributed by atoms with van der Waals surface area (Å²) >= 11 is 1.27. The smallest absolute Gasteiger partial charge is 0.183 e. The van der Waals surface area contributed by atoms with E-state index in [2.05, 4.69) is 10.3 Å². The first-order chi connectivity index (χ1) is 9.35. The van der Waals surface area contributed by atoms with Gasteiger partial charge >= 0.3 is 0 Å². The predicted molar refractivity (Wildman–Crippen MR) is 80.7 cm³/mol. The average molecular weight is 295 g/mol. The summed E-state index contributed by atoms with van der Waals surface area (Å²) in [6.07, 6.45) is 3.57. The van der Waals surface area contributed by atoms with E-state index in [4.69, 9.17) is 10.00 Å². The monoisotopic (exact) mass is 295 g/mol. The summed E-state index contributed by atoms with van der Waals surface area (Å²) in [7, 11) is 0. The van der Waals surface area contributed by atoms with E-state index >= 15 is 0 Å². The van der Waals surface area contributed by atoms with Gasteiger partial charge in [0, 0.05) is 6.07 Å². The first-order valence-electron chi connectivity index (χ1n) is 6.06. The summed E-state index contributed by atoms with van der Waals surface area (Å²) in [6.45, 7) is 6.62. The molecule has 6 heteroatoms. The number of thioether (sulfide) groups is 1. The van der Waals surface area contributed by atoms with Crippen LogP contribution in [0.5, 0.6) is 5.75 Å². The fourth-order valence-corrected chi connectivity index (χ4v) is 1.61. The van der Waals surface area contributed by atoms with Gasteiger partial charge in [0.1, 0.15) is 17.3 Å². The molecule has 108 valence electrons. The molecule has 0 amide bonds. The first-order valence-corrected chi connectivity index (χ1v) is 7.28. The van der Waals surface area contributed by atoms with Crippen LogP contribution in [0.1, 0.15) is 20.8 Å².